The van der Waals surface area contributed by atoms with Crippen LogP contribution in [-0.2, 0) is 32.0 Å². The summed E-state index contributed by atoms with van der Waals surface area (Å²) in [5, 5.41) is 13.7. The molecule has 1 amide bonds. The van der Waals surface area contributed by atoms with Crippen molar-refractivity contribution in [3.05, 3.63) is 91.5 Å². The van der Waals surface area contributed by atoms with Gasteiger partial charge in [0.25, 0.3) is 17.0 Å². The molecule has 3 aliphatic rings. The van der Waals surface area contributed by atoms with E-state index in [1.54, 1.807) is 16.7 Å². The summed E-state index contributed by atoms with van der Waals surface area (Å²) in [5.74, 6) is -1.27. The van der Waals surface area contributed by atoms with Crippen molar-refractivity contribution in [2.45, 2.75) is 71.2 Å². The number of amides is 1. The van der Waals surface area contributed by atoms with Crippen LogP contribution in [0.1, 0.15) is 57.5 Å². The monoisotopic (exact) mass is 645 g/mol. The topological polar surface area (TPSA) is 147 Å². The molecule has 1 saturated carbocycles. The van der Waals surface area contributed by atoms with Gasteiger partial charge < -0.3 is 38.5 Å². The number of aromatic nitrogens is 2. The molecule has 0 unspecified atom stereocenters. The minimum atomic E-state index is -1.11. The van der Waals surface area contributed by atoms with Gasteiger partial charge in [0.15, 0.2) is 12.6 Å². The molecule has 1 aliphatic carbocycles. The van der Waals surface area contributed by atoms with Gasteiger partial charge in [-0.2, -0.15) is 0 Å². The number of carbonyl (C=O) groups excluding carboxylic acids is 1. The van der Waals surface area contributed by atoms with Crippen molar-refractivity contribution in [3.8, 4) is 0 Å². The average molecular weight is 646 g/mol. The van der Waals surface area contributed by atoms with Gasteiger partial charge >= 0.3 is 5.97 Å². The van der Waals surface area contributed by atoms with Crippen LogP contribution in [0, 0.1) is 13.8 Å². The fraction of sp³-hybridized carbons (Fsp3) is 0.429. The van der Waals surface area contributed by atoms with Gasteiger partial charge in [-0.25, -0.2) is 4.79 Å². The summed E-state index contributed by atoms with van der Waals surface area (Å²) in [6, 6.07) is 14.0. The van der Waals surface area contributed by atoms with E-state index in [9.17, 15) is 24.3 Å². The van der Waals surface area contributed by atoms with Crippen molar-refractivity contribution in [2.24, 2.45) is 0 Å². The molecule has 0 atom stereocenters. The molecule has 3 fully saturated rings. The van der Waals surface area contributed by atoms with Gasteiger partial charge in [-0.1, -0.05) is 37.1 Å². The van der Waals surface area contributed by atoms with E-state index in [1.807, 2.05) is 38.1 Å². The maximum absolute atomic E-state index is 12.8. The second-order valence-corrected chi connectivity index (χ2v) is 12.2. The number of rotatable bonds is 7. The van der Waals surface area contributed by atoms with Gasteiger partial charge in [-0.05, 0) is 49.9 Å². The number of ether oxygens (including phenoxy) is 4. The van der Waals surface area contributed by atoms with Gasteiger partial charge in [-0.15, -0.1) is 0 Å². The average Bonchev–Trinajstić information content (AvgIpc) is 3.85. The van der Waals surface area contributed by atoms with Gasteiger partial charge in [0.05, 0.1) is 61.7 Å². The van der Waals surface area contributed by atoms with Gasteiger partial charge in [0, 0.05) is 28.9 Å². The van der Waals surface area contributed by atoms with Crippen LogP contribution in [0.2, 0.25) is 0 Å². The van der Waals surface area contributed by atoms with Gasteiger partial charge in [0.2, 0.25) is 0 Å². The maximum Gasteiger partial charge on any atom is 0.336 e. The lowest BCUT2D eigenvalue weighted by molar-refractivity contribution is -0.0525. The minimum Gasteiger partial charge on any atom is -0.478 e. The number of carbonyl (C=O) groups is 2. The fourth-order valence-corrected chi connectivity index (χ4v) is 6.38. The Labute approximate surface area is 270 Å². The number of aryl methyl sites for hydroxylation is 2. The van der Waals surface area contributed by atoms with Crippen molar-refractivity contribution in [2.75, 3.05) is 26.4 Å². The van der Waals surface area contributed by atoms with E-state index in [-0.39, 0.29) is 35.2 Å². The molecule has 12 nitrogen and oxygen atoms in total. The lowest BCUT2D eigenvalue weighted by atomic mass is 10.0. The molecule has 12 heteroatoms. The zero-order valence-corrected chi connectivity index (χ0v) is 26.5. The number of pyridine rings is 2. The number of nitrogens with one attached hydrogen (secondary N) is 1. The standard InChI is InChI=1S/C20H24N2O4.C15H15NO5/c1-13-6-7-15-16(20(24)21-14-4-2-3-5-14)11-18(23)22(17(15)10-13)12-19-25-8-9-26-19;1-9-2-3-10-11(15(18)19)7-13(17)16(12(10)6-9)8-14-20-4-5-21-14/h6-7,10-11,14,19H,2-5,8-9,12H2,1H3,(H,21,24);2-3,6-7,14H,4-5,8H2,1H3,(H,18,19). The first-order valence-electron chi connectivity index (χ1n) is 16.0. The van der Waals surface area contributed by atoms with Crippen LogP contribution in [0.15, 0.2) is 58.1 Å². The Morgan fingerprint density at radius 2 is 1.17 bits per heavy atom. The lowest BCUT2D eigenvalue weighted by Crippen LogP contribution is -2.34. The summed E-state index contributed by atoms with van der Waals surface area (Å²) in [5.41, 5.74) is 3.19. The van der Waals surface area contributed by atoms with Gasteiger partial charge in [0.1, 0.15) is 0 Å². The molecular weight excluding hydrogens is 606 g/mol. The van der Waals surface area contributed by atoms with E-state index in [0.717, 1.165) is 53.8 Å². The van der Waals surface area contributed by atoms with E-state index in [2.05, 4.69) is 5.32 Å². The summed E-state index contributed by atoms with van der Waals surface area (Å²) in [4.78, 5) is 49.1. The molecule has 0 radical (unpaired) electrons. The summed E-state index contributed by atoms with van der Waals surface area (Å²) >= 11 is 0. The molecule has 248 valence electrons. The van der Waals surface area contributed by atoms with Crippen LogP contribution >= 0.6 is 0 Å². The second-order valence-electron chi connectivity index (χ2n) is 12.2. The van der Waals surface area contributed by atoms with Crippen LogP contribution < -0.4 is 16.4 Å². The van der Waals surface area contributed by atoms with E-state index in [0.29, 0.717) is 49.4 Å². The SMILES string of the molecule is Cc1ccc2c(C(=O)NC3CCCC3)cc(=O)n(CC3OCCO3)c2c1.Cc1ccc2c(C(=O)O)cc(=O)n(CC3OCCO3)c2c1. The maximum atomic E-state index is 12.8. The predicted molar refractivity (Wildman–Crippen MR) is 174 cm³/mol. The van der Waals surface area contributed by atoms with Crippen molar-refractivity contribution in [3.63, 3.8) is 0 Å². The van der Waals surface area contributed by atoms with Gasteiger partial charge in [-0.3, -0.25) is 14.4 Å². The lowest BCUT2D eigenvalue weighted by Gasteiger charge is -2.18. The quantitative estimate of drug-likeness (QED) is 0.307. The van der Waals surface area contributed by atoms with E-state index >= 15 is 0 Å². The molecule has 2 N–H and O–H groups in total. The van der Waals surface area contributed by atoms with Crippen molar-refractivity contribution >= 4 is 33.7 Å². The third kappa shape index (κ3) is 7.31. The Kier molecular flexibility index (Phi) is 9.83. The summed E-state index contributed by atoms with van der Waals surface area (Å²) in [6.45, 7) is 6.53. The van der Waals surface area contributed by atoms with E-state index in [4.69, 9.17) is 18.9 Å². The number of benzene rings is 2. The molecule has 0 spiro atoms. The molecule has 4 heterocycles. The zero-order valence-electron chi connectivity index (χ0n) is 26.5. The number of aromatic carboxylic acids is 1. The first kappa shape index (κ1) is 32.6. The highest BCUT2D eigenvalue weighted by molar-refractivity contribution is 6.06. The Hall–Kier alpha value is -4.36. The Bertz CT molecular complexity index is 1910. The third-order valence-corrected chi connectivity index (χ3v) is 8.75. The molecule has 4 aromatic rings. The first-order chi connectivity index (χ1) is 22.7. The van der Waals surface area contributed by atoms with E-state index < -0.39 is 18.5 Å². The van der Waals surface area contributed by atoms with Crippen LogP contribution in [0.4, 0.5) is 0 Å². The third-order valence-electron chi connectivity index (χ3n) is 8.75. The molecule has 2 saturated heterocycles. The van der Waals surface area contributed by atoms with Crippen molar-refractivity contribution in [1.82, 2.24) is 14.5 Å². The van der Waals surface area contributed by atoms with Crippen LogP contribution in [-0.4, -0.2) is 71.2 Å². The fourth-order valence-electron chi connectivity index (χ4n) is 6.38. The highest BCUT2D eigenvalue weighted by Gasteiger charge is 2.24. The number of hydrogen-bond donors (Lipinski definition) is 2. The summed E-state index contributed by atoms with van der Waals surface area (Å²) in [7, 11) is 0. The Morgan fingerprint density at radius 1 is 0.723 bits per heavy atom. The van der Waals surface area contributed by atoms with Crippen molar-refractivity contribution in [1.29, 1.82) is 0 Å². The van der Waals surface area contributed by atoms with Crippen LogP contribution in [0.25, 0.3) is 21.8 Å². The molecule has 47 heavy (non-hydrogen) atoms. The van der Waals surface area contributed by atoms with Crippen LogP contribution in [0.3, 0.4) is 0 Å². The molecule has 0 bridgehead atoms. The number of carboxylic acids is 1. The molecular formula is C35H39N3O9. The highest BCUT2D eigenvalue weighted by Crippen LogP contribution is 2.23. The largest absolute Gasteiger partial charge is 0.478 e. The number of nitrogens with zero attached hydrogens (tertiary/aromatic N) is 2. The van der Waals surface area contributed by atoms with Crippen LogP contribution in [0.5, 0.6) is 0 Å². The summed E-state index contributed by atoms with van der Waals surface area (Å²) < 4.78 is 24.9. The normalized spacial score (nSPS) is 17.3. The Balaban J connectivity index is 0.000000168. The second kappa shape index (κ2) is 14.2. The zero-order chi connectivity index (χ0) is 33.1. The molecule has 2 aliphatic heterocycles. The van der Waals surface area contributed by atoms with Crippen molar-refractivity contribution < 1.29 is 33.6 Å². The first-order valence-corrected chi connectivity index (χ1v) is 16.0. The smallest absolute Gasteiger partial charge is 0.336 e. The molecule has 2 aromatic heterocycles. The number of hydrogen-bond acceptors (Lipinski definition) is 8. The number of fused-ring (bicyclic) bond motifs is 2. The summed E-state index contributed by atoms with van der Waals surface area (Å²) in [6.07, 6.45) is 3.42. The number of carboxylic acid groups (broad SMARTS) is 1. The molecule has 7 rings (SSSR count). The highest BCUT2D eigenvalue weighted by atomic mass is 16.7. The Morgan fingerprint density at radius 3 is 1.64 bits per heavy atom. The van der Waals surface area contributed by atoms with E-state index in [1.165, 1.54) is 10.6 Å². The predicted octanol–water partition coefficient (Wildman–Crippen LogP) is 3.74. The molecule has 2 aromatic carbocycles. The minimum absolute atomic E-state index is 0.0134.